The minimum atomic E-state index is -0.558. The fourth-order valence-corrected chi connectivity index (χ4v) is 5.13. The summed E-state index contributed by atoms with van der Waals surface area (Å²) in [6.45, 7) is 4.56. The number of aromatic nitrogens is 4. The Kier molecular flexibility index (Phi) is 6.83. The Hall–Kier alpha value is -4.28. The number of nitrogens with one attached hydrogen (secondary N) is 2. The van der Waals surface area contributed by atoms with Crippen LogP contribution in [0.25, 0.3) is 0 Å². The van der Waals surface area contributed by atoms with Crippen molar-refractivity contribution in [3.63, 3.8) is 0 Å². The van der Waals surface area contributed by atoms with Gasteiger partial charge in [-0.25, -0.2) is 15.0 Å². The number of amides is 2. The summed E-state index contributed by atoms with van der Waals surface area (Å²) in [5.41, 5.74) is 1.15. The van der Waals surface area contributed by atoms with E-state index in [1.54, 1.807) is 48.6 Å². The lowest BCUT2D eigenvalue weighted by molar-refractivity contribution is -0.125. The molecule has 5 rings (SSSR count). The first kappa shape index (κ1) is 25.4. The van der Waals surface area contributed by atoms with Crippen molar-refractivity contribution < 1.29 is 14.3 Å². The van der Waals surface area contributed by atoms with Crippen LogP contribution in [0.4, 0.5) is 29.0 Å². The number of fused-ring (bicyclic) bond motifs is 1. The molecule has 0 saturated heterocycles. The lowest BCUT2D eigenvalue weighted by atomic mass is 9.91. The van der Waals surface area contributed by atoms with E-state index in [1.807, 2.05) is 13.8 Å². The van der Waals surface area contributed by atoms with E-state index < -0.39 is 5.41 Å². The zero-order valence-electron chi connectivity index (χ0n) is 22.1. The van der Waals surface area contributed by atoms with Gasteiger partial charge in [-0.1, -0.05) is 12.8 Å². The monoisotopic (exact) mass is 516 g/mol. The maximum absolute atomic E-state index is 13.2. The van der Waals surface area contributed by atoms with Crippen LogP contribution in [0.3, 0.4) is 0 Å². The highest BCUT2D eigenvalue weighted by molar-refractivity contribution is 6.04. The molecular weight excluding hydrogens is 484 g/mol. The van der Waals surface area contributed by atoms with E-state index in [1.165, 1.54) is 26.3 Å². The second-order valence-corrected chi connectivity index (χ2v) is 10.3. The summed E-state index contributed by atoms with van der Waals surface area (Å²) in [5, 5.41) is 5.97. The Morgan fingerprint density at radius 3 is 2.66 bits per heavy atom. The van der Waals surface area contributed by atoms with Gasteiger partial charge in [-0.15, -0.1) is 0 Å². The summed E-state index contributed by atoms with van der Waals surface area (Å²) >= 11 is 0. The van der Waals surface area contributed by atoms with Crippen molar-refractivity contribution in [1.82, 2.24) is 19.9 Å². The summed E-state index contributed by atoms with van der Waals surface area (Å²) in [6, 6.07) is 7.02. The van der Waals surface area contributed by atoms with Crippen LogP contribution in [0, 0.1) is 5.41 Å². The van der Waals surface area contributed by atoms with Gasteiger partial charge in [-0.2, -0.15) is 4.98 Å². The number of carbonyl (C=O) groups excluding carboxylic acids is 2. The Morgan fingerprint density at radius 2 is 1.95 bits per heavy atom. The number of rotatable bonds is 6. The van der Waals surface area contributed by atoms with E-state index in [0.717, 1.165) is 18.7 Å². The van der Waals surface area contributed by atoms with Gasteiger partial charge in [0.25, 0.3) is 5.91 Å². The summed E-state index contributed by atoms with van der Waals surface area (Å²) in [6.07, 6.45) is 9.11. The quantitative estimate of drug-likeness (QED) is 0.499. The molecule has 0 radical (unpaired) electrons. The van der Waals surface area contributed by atoms with Gasteiger partial charge in [0.1, 0.15) is 23.6 Å². The van der Waals surface area contributed by atoms with Crippen LogP contribution in [0.2, 0.25) is 0 Å². The maximum Gasteiger partial charge on any atom is 0.256 e. The second-order valence-electron chi connectivity index (χ2n) is 10.3. The fourth-order valence-electron chi connectivity index (χ4n) is 5.13. The van der Waals surface area contributed by atoms with Crippen LogP contribution >= 0.6 is 0 Å². The fraction of sp³-hybridized carbons (Fsp3) is 0.407. The molecule has 0 unspecified atom stereocenters. The molecular formula is C27H32N8O3. The highest BCUT2D eigenvalue weighted by Gasteiger charge is 2.41. The van der Waals surface area contributed by atoms with E-state index in [4.69, 9.17) is 9.72 Å². The van der Waals surface area contributed by atoms with Crippen molar-refractivity contribution in [2.45, 2.75) is 45.6 Å². The SMILES string of the molecule is COc1cc(C(=O)Nc2ccncn2)ccc1Nc1ncc2c(n1)N(C1CCCC1)CC(C)(C)C(=O)N2C. The number of hydrogen-bond acceptors (Lipinski definition) is 9. The molecule has 2 amide bonds. The molecule has 0 atom stereocenters. The van der Waals surface area contributed by atoms with E-state index >= 15 is 0 Å². The molecule has 1 aromatic carbocycles. The highest BCUT2D eigenvalue weighted by atomic mass is 16.5. The van der Waals surface area contributed by atoms with Crippen LogP contribution < -0.4 is 25.2 Å². The second kappa shape index (κ2) is 10.2. The van der Waals surface area contributed by atoms with Crippen molar-refractivity contribution in [3.8, 4) is 5.75 Å². The van der Waals surface area contributed by atoms with Gasteiger partial charge in [0, 0.05) is 31.4 Å². The van der Waals surface area contributed by atoms with Crippen LogP contribution in [0.5, 0.6) is 5.75 Å². The minimum Gasteiger partial charge on any atom is -0.495 e. The van der Waals surface area contributed by atoms with Crippen LogP contribution in [-0.2, 0) is 4.79 Å². The molecule has 0 spiro atoms. The van der Waals surface area contributed by atoms with Crippen molar-refractivity contribution >= 4 is 40.8 Å². The lowest BCUT2D eigenvalue weighted by Gasteiger charge is -2.34. The van der Waals surface area contributed by atoms with Crippen molar-refractivity contribution in [3.05, 3.63) is 48.5 Å². The van der Waals surface area contributed by atoms with Gasteiger partial charge in [0.15, 0.2) is 5.82 Å². The standard InChI is InChI=1S/C27H32N8O3/c1-27(2)15-35(18-7-5-6-8-18)23-20(34(3)25(27)37)14-29-26(33-23)31-19-10-9-17(13-21(19)38-4)24(36)32-22-11-12-28-16-30-22/h9-14,16,18H,5-8,15H2,1-4H3,(H,29,31,33)(H,28,30,32,36). The first-order valence-electron chi connectivity index (χ1n) is 12.7. The zero-order valence-corrected chi connectivity index (χ0v) is 22.1. The summed E-state index contributed by atoms with van der Waals surface area (Å²) in [5.74, 6) is 1.71. The highest BCUT2D eigenvalue weighted by Crippen LogP contribution is 2.40. The average Bonchev–Trinajstić information content (AvgIpc) is 3.44. The van der Waals surface area contributed by atoms with Crippen molar-refractivity contribution in [1.29, 1.82) is 0 Å². The first-order chi connectivity index (χ1) is 18.3. The van der Waals surface area contributed by atoms with Gasteiger partial charge < -0.3 is 25.2 Å². The molecule has 2 aromatic heterocycles. The molecule has 11 heteroatoms. The molecule has 3 heterocycles. The topological polar surface area (TPSA) is 125 Å². The maximum atomic E-state index is 13.2. The molecule has 198 valence electrons. The Balaban J connectivity index is 1.44. The van der Waals surface area contributed by atoms with Crippen molar-refractivity contribution in [2.75, 3.05) is 41.1 Å². The van der Waals surface area contributed by atoms with Gasteiger partial charge >= 0.3 is 0 Å². The molecule has 1 aliphatic carbocycles. The molecule has 2 N–H and O–H groups in total. The predicted octanol–water partition coefficient (Wildman–Crippen LogP) is 4.02. The van der Waals surface area contributed by atoms with Gasteiger partial charge in [-0.3, -0.25) is 9.59 Å². The molecule has 38 heavy (non-hydrogen) atoms. The molecule has 2 aliphatic rings. The third-order valence-electron chi connectivity index (χ3n) is 7.13. The normalized spacial score (nSPS) is 17.1. The number of ether oxygens (including phenoxy) is 1. The molecule has 0 bridgehead atoms. The number of benzene rings is 1. The Morgan fingerprint density at radius 1 is 1.16 bits per heavy atom. The zero-order chi connectivity index (χ0) is 26.9. The largest absolute Gasteiger partial charge is 0.495 e. The molecule has 11 nitrogen and oxygen atoms in total. The minimum absolute atomic E-state index is 0.0426. The number of methoxy groups -OCH3 is 1. The molecule has 1 fully saturated rings. The number of carbonyl (C=O) groups is 2. The number of hydrogen-bond donors (Lipinski definition) is 2. The van der Waals surface area contributed by atoms with Gasteiger partial charge in [0.05, 0.1) is 24.4 Å². The van der Waals surface area contributed by atoms with Gasteiger partial charge in [0.2, 0.25) is 11.9 Å². The molecule has 3 aromatic rings. The third-order valence-corrected chi connectivity index (χ3v) is 7.13. The smallest absolute Gasteiger partial charge is 0.256 e. The average molecular weight is 517 g/mol. The first-order valence-corrected chi connectivity index (χ1v) is 12.7. The van der Waals surface area contributed by atoms with E-state index in [9.17, 15) is 9.59 Å². The summed E-state index contributed by atoms with van der Waals surface area (Å²) < 4.78 is 5.57. The van der Waals surface area contributed by atoms with Crippen molar-refractivity contribution in [2.24, 2.45) is 5.41 Å². The van der Waals surface area contributed by atoms with Crippen LogP contribution in [0.15, 0.2) is 43.0 Å². The summed E-state index contributed by atoms with van der Waals surface area (Å²) in [7, 11) is 3.32. The molecule has 1 saturated carbocycles. The van der Waals surface area contributed by atoms with Crippen LogP contribution in [-0.4, -0.2) is 58.5 Å². The molecule has 1 aliphatic heterocycles. The number of nitrogens with zero attached hydrogens (tertiary/aromatic N) is 6. The lowest BCUT2D eigenvalue weighted by Crippen LogP contribution is -2.45. The van der Waals surface area contributed by atoms with Gasteiger partial charge in [-0.05, 0) is 51.0 Å². The number of anilines is 5. The Bertz CT molecular complexity index is 1340. The summed E-state index contributed by atoms with van der Waals surface area (Å²) in [4.78, 5) is 47.2. The predicted molar refractivity (Wildman–Crippen MR) is 145 cm³/mol. The van der Waals surface area contributed by atoms with E-state index in [0.29, 0.717) is 47.0 Å². The van der Waals surface area contributed by atoms with E-state index in [-0.39, 0.29) is 11.8 Å². The third kappa shape index (κ3) is 4.96. The van der Waals surface area contributed by atoms with Crippen LogP contribution in [0.1, 0.15) is 49.9 Å². The Labute approximate surface area is 221 Å². The van der Waals surface area contributed by atoms with E-state index in [2.05, 4.69) is 30.5 Å².